The summed E-state index contributed by atoms with van der Waals surface area (Å²) >= 11 is 6.02. The second-order valence-electron chi connectivity index (χ2n) is 5.42. The Labute approximate surface area is 118 Å². The minimum Gasteiger partial charge on any atom is -0.308 e. The Morgan fingerprint density at radius 1 is 1.37 bits per heavy atom. The number of fused-ring (bicyclic) bond motifs is 1. The standard InChI is InChI=1S/C15H20ClN3/c1-19-15-8-3-2-6-12(15)14(18-19)10-17-13-7-4-5-11(13)9-16/h2-3,6,8,11,13,17H,4-5,7,9-10H2,1H3. The van der Waals surface area contributed by atoms with Crippen LogP contribution in [0.5, 0.6) is 0 Å². The summed E-state index contributed by atoms with van der Waals surface area (Å²) in [4.78, 5) is 0. The van der Waals surface area contributed by atoms with Gasteiger partial charge in [0.2, 0.25) is 0 Å². The van der Waals surface area contributed by atoms with Crippen molar-refractivity contribution in [3.05, 3.63) is 30.0 Å². The second kappa shape index (κ2) is 5.51. The molecule has 3 nitrogen and oxygen atoms in total. The normalized spacial score (nSPS) is 23.3. The Balaban J connectivity index is 1.75. The Bertz CT molecular complexity index is 564. The molecule has 1 aliphatic carbocycles. The molecule has 2 aromatic rings. The lowest BCUT2D eigenvalue weighted by atomic mass is 10.1. The van der Waals surface area contributed by atoms with Gasteiger partial charge in [-0.1, -0.05) is 24.6 Å². The Hall–Kier alpha value is -1.06. The summed E-state index contributed by atoms with van der Waals surface area (Å²) in [7, 11) is 2.00. The van der Waals surface area contributed by atoms with Gasteiger partial charge in [0.05, 0.1) is 11.2 Å². The molecule has 1 fully saturated rings. The molecular formula is C15H20ClN3. The average Bonchev–Trinajstić information content (AvgIpc) is 3.02. The first-order valence-corrected chi connectivity index (χ1v) is 7.53. The van der Waals surface area contributed by atoms with Crippen LogP contribution in [0.15, 0.2) is 24.3 Å². The molecule has 0 radical (unpaired) electrons. The fourth-order valence-electron chi connectivity index (χ4n) is 3.14. The van der Waals surface area contributed by atoms with Gasteiger partial charge < -0.3 is 5.32 Å². The third-order valence-corrected chi connectivity index (χ3v) is 4.62. The quantitative estimate of drug-likeness (QED) is 0.871. The van der Waals surface area contributed by atoms with Crippen LogP contribution in [-0.4, -0.2) is 21.7 Å². The number of nitrogens with zero attached hydrogens (tertiary/aromatic N) is 2. The summed E-state index contributed by atoms with van der Waals surface area (Å²) in [6.07, 6.45) is 3.78. The monoisotopic (exact) mass is 277 g/mol. The van der Waals surface area contributed by atoms with Crippen LogP contribution in [-0.2, 0) is 13.6 Å². The van der Waals surface area contributed by atoms with Gasteiger partial charge >= 0.3 is 0 Å². The largest absolute Gasteiger partial charge is 0.308 e. The van der Waals surface area contributed by atoms with Crippen molar-refractivity contribution in [2.45, 2.75) is 31.8 Å². The van der Waals surface area contributed by atoms with E-state index in [0.29, 0.717) is 12.0 Å². The van der Waals surface area contributed by atoms with E-state index in [-0.39, 0.29) is 0 Å². The summed E-state index contributed by atoms with van der Waals surface area (Å²) in [5, 5.41) is 9.51. The number of nitrogens with one attached hydrogen (secondary N) is 1. The molecule has 0 aliphatic heterocycles. The number of hydrogen-bond acceptors (Lipinski definition) is 2. The number of aromatic nitrogens is 2. The fourth-order valence-corrected chi connectivity index (χ4v) is 3.51. The predicted octanol–water partition coefficient (Wildman–Crippen LogP) is 3.07. The molecule has 1 N–H and O–H groups in total. The highest BCUT2D eigenvalue weighted by Gasteiger charge is 2.26. The van der Waals surface area contributed by atoms with Crippen molar-refractivity contribution in [1.82, 2.24) is 15.1 Å². The Morgan fingerprint density at radius 3 is 3.05 bits per heavy atom. The molecule has 19 heavy (non-hydrogen) atoms. The van der Waals surface area contributed by atoms with E-state index < -0.39 is 0 Å². The second-order valence-corrected chi connectivity index (χ2v) is 5.73. The van der Waals surface area contributed by atoms with Gasteiger partial charge in [-0.05, 0) is 24.8 Å². The van der Waals surface area contributed by atoms with E-state index >= 15 is 0 Å². The zero-order chi connectivity index (χ0) is 13.2. The topological polar surface area (TPSA) is 29.9 Å². The number of benzene rings is 1. The molecule has 1 aliphatic rings. The minimum atomic E-state index is 0.554. The van der Waals surface area contributed by atoms with Gasteiger partial charge in [0.1, 0.15) is 0 Å². The lowest BCUT2D eigenvalue weighted by Gasteiger charge is -2.18. The zero-order valence-corrected chi connectivity index (χ0v) is 12.0. The number of halogens is 1. The number of rotatable bonds is 4. The van der Waals surface area contributed by atoms with E-state index in [2.05, 4.69) is 34.7 Å². The molecular weight excluding hydrogens is 258 g/mol. The van der Waals surface area contributed by atoms with Gasteiger partial charge in [-0.2, -0.15) is 5.10 Å². The van der Waals surface area contributed by atoms with Crippen LogP contribution in [0.25, 0.3) is 10.9 Å². The lowest BCUT2D eigenvalue weighted by Crippen LogP contribution is -2.32. The van der Waals surface area contributed by atoms with Gasteiger partial charge in [-0.3, -0.25) is 4.68 Å². The van der Waals surface area contributed by atoms with E-state index in [1.807, 2.05) is 11.7 Å². The van der Waals surface area contributed by atoms with Crippen LogP contribution in [0.2, 0.25) is 0 Å². The number of aryl methyl sites for hydroxylation is 1. The first-order chi connectivity index (χ1) is 9.29. The van der Waals surface area contributed by atoms with Gasteiger partial charge in [0.25, 0.3) is 0 Å². The molecule has 1 saturated carbocycles. The summed E-state index contributed by atoms with van der Waals surface area (Å²) < 4.78 is 1.96. The summed E-state index contributed by atoms with van der Waals surface area (Å²) in [6.45, 7) is 0.833. The highest BCUT2D eigenvalue weighted by molar-refractivity contribution is 6.18. The van der Waals surface area contributed by atoms with Crippen molar-refractivity contribution in [3.8, 4) is 0 Å². The van der Waals surface area contributed by atoms with Crippen LogP contribution >= 0.6 is 11.6 Å². The van der Waals surface area contributed by atoms with E-state index in [1.165, 1.54) is 30.2 Å². The molecule has 2 unspecified atom stereocenters. The molecule has 0 saturated heterocycles. The van der Waals surface area contributed by atoms with Crippen LogP contribution in [0.3, 0.4) is 0 Å². The van der Waals surface area contributed by atoms with Gasteiger partial charge in [-0.25, -0.2) is 0 Å². The third-order valence-electron chi connectivity index (χ3n) is 4.22. The van der Waals surface area contributed by atoms with Gasteiger partial charge in [-0.15, -0.1) is 11.6 Å². The first kappa shape index (κ1) is 12.9. The van der Waals surface area contributed by atoms with Crippen molar-refractivity contribution in [2.24, 2.45) is 13.0 Å². The Morgan fingerprint density at radius 2 is 2.21 bits per heavy atom. The van der Waals surface area contributed by atoms with Crippen LogP contribution in [0.1, 0.15) is 25.0 Å². The summed E-state index contributed by atoms with van der Waals surface area (Å²) in [5.74, 6) is 1.39. The predicted molar refractivity (Wildman–Crippen MR) is 79.4 cm³/mol. The van der Waals surface area contributed by atoms with Crippen molar-refractivity contribution in [2.75, 3.05) is 5.88 Å². The zero-order valence-electron chi connectivity index (χ0n) is 11.3. The molecule has 0 spiro atoms. The van der Waals surface area contributed by atoms with Crippen molar-refractivity contribution in [1.29, 1.82) is 0 Å². The SMILES string of the molecule is Cn1nc(CNC2CCCC2CCl)c2ccccc21. The van der Waals surface area contributed by atoms with Crippen molar-refractivity contribution < 1.29 is 0 Å². The fraction of sp³-hybridized carbons (Fsp3) is 0.533. The molecule has 4 heteroatoms. The molecule has 1 aromatic carbocycles. The van der Waals surface area contributed by atoms with E-state index in [4.69, 9.17) is 11.6 Å². The molecule has 3 rings (SSSR count). The molecule has 1 heterocycles. The maximum absolute atomic E-state index is 6.02. The highest BCUT2D eigenvalue weighted by Crippen LogP contribution is 2.27. The highest BCUT2D eigenvalue weighted by atomic mass is 35.5. The van der Waals surface area contributed by atoms with Crippen LogP contribution in [0.4, 0.5) is 0 Å². The molecule has 1 aromatic heterocycles. The summed E-state index contributed by atoms with van der Waals surface area (Å²) in [5.41, 5.74) is 2.33. The van der Waals surface area contributed by atoms with E-state index in [9.17, 15) is 0 Å². The maximum Gasteiger partial charge on any atom is 0.0841 e. The van der Waals surface area contributed by atoms with Crippen molar-refractivity contribution in [3.63, 3.8) is 0 Å². The molecule has 0 bridgehead atoms. The molecule has 0 amide bonds. The third kappa shape index (κ3) is 2.49. The smallest absolute Gasteiger partial charge is 0.0841 e. The van der Waals surface area contributed by atoms with Gasteiger partial charge in [0, 0.05) is 30.9 Å². The lowest BCUT2D eigenvalue weighted by molar-refractivity contribution is 0.427. The molecule has 102 valence electrons. The number of alkyl halides is 1. The minimum absolute atomic E-state index is 0.554. The van der Waals surface area contributed by atoms with Crippen LogP contribution < -0.4 is 5.32 Å². The first-order valence-electron chi connectivity index (χ1n) is 6.99. The van der Waals surface area contributed by atoms with Crippen molar-refractivity contribution >= 4 is 22.5 Å². The Kier molecular flexibility index (Phi) is 3.76. The number of para-hydroxylation sites is 1. The van der Waals surface area contributed by atoms with Gasteiger partial charge in [0.15, 0.2) is 0 Å². The summed E-state index contributed by atoms with van der Waals surface area (Å²) in [6, 6.07) is 8.95. The van der Waals surface area contributed by atoms with Crippen LogP contribution in [0, 0.1) is 5.92 Å². The van der Waals surface area contributed by atoms with E-state index in [0.717, 1.165) is 18.1 Å². The average molecular weight is 278 g/mol. The maximum atomic E-state index is 6.02. The molecule has 2 atom stereocenters. The number of hydrogen-bond donors (Lipinski definition) is 1. The van der Waals surface area contributed by atoms with E-state index in [1.54, 1.807) is 0 Å².